The Labute approximate surface area is 186 Å². The van der Waals surface area contributed by atoms with Gasteiger partial charge >= 0.3 is 6.61 Å². The zero-order valence-corrected chi connectivity index (χ0v) is 18.5. The second-order valence-corrected chi connectivity index (χ2v) is 10.1. The number of amides is 1. The Bertz CT molecular complexity index is 1160. The average Bonchev–Trinajstić information content (AvgIpc) is 3.07. The summed E-state index contributed by atoms with van der Waals surface area (Å²) in [5, 5.41) is 3.34. The summed E-state index contributed by atoms with van der Waals surface area (Å²) in [6.07, 6.45) is -0.238. The molecule has 3 rings (SSSR count). The molecule has 3 aromatic rings. The molecule has 6 nitrogen and oxygen atoms in total. The fourth-order valence-electron chi connectivity index (χ4n) is 2.68. The first kappa shape index (κ1) is 23.1. The minimum atomic E-state index is -3.62. The zero-order chi connectivity index (χ0) is 22.6. The Morgan fingerprint density at radius 1 is 1.16 bits per heavy atom. The van der Waals surface area contributed by atoms with Crippen molar-refractivity contribution in [1.82, 2.24) is 4.98 Å². The molecule has 0 spiro atoms. The lowest BCUT2D eigenvalue weighted by Crippen LogP contribution is -2.17. The third kappa shape index (κ3) is 6.22. The van der Waals surface area contributed by atoms with E-state index in [2.05, 4.69) is 15.0 Å². The molecule has 1 amide bonds. The maximum Gasteiger partial charge on any atom is 0.387 e. The molecule has 0 saturated carbocycles. The van der Waals surface area contributed by atoms with Crippen LogP contribution in [-0.4, -0.2) is 31.7 Å². The SMILES string of the molecule is Cc1sc(NC(=O)CCS(=O)(=O)c2ccc(Cl)cc2)nc1-c1ccc(OC(F)F)cc1. The van der Waals surface area contributed by atoms with E-state index in [1.165, 1.54) is 47.7 Å². The molecule has 0 radical (unpaired) electrons. The number of thiazole rings is 1. The van der Waals surface area contributed by atoms with E-state index in [-0.39, 0.29) is 22.8 Å². The maximum absolute atomic E-state index is 12.3. The van der Waals surface area contributed by atoms with Gasteiger partial charge in [0.1, 0.15) is 5.75 Å². The number of halogens is 3. The zero-order valence-electron chi connectivity index (χ0n) is 16.1. The van der Waals surface area contributed by atoms with Crippen molar-refractivity contribution in [2.24, 2.45) is 0 Å². The number of benzene rings is 2. The predicted molar refractivity (Wildman–Crippen MR) is 116 cm³/mol. The van der Waals surface area contributed by atoms with Crippen LogP contribution in [0.3, 0.4) is 0 Å². The third-order valence-electron chi connectivity index (χ3n) is 4.17. The number of hydrogen-bond donors (Lipinski definition) is 1. The molecule has 2 aromatic carbocycles. The summed E-state index contributed by atoms with van der Waals surface area (Å²) in [5.41, 5.74) is 1.25. The number of nitrogens with zero attached hydrogens (tertiary/aromatic N) is 1. The molecular formula is C20H17ClF2N2O4S2. The highest BCUT2D eigenvalue weighted by Crippen LogP contribution is 2.31. The highest BCUT2D eigenvalue weighted by Gasteiger charge is 2.18. The Hall–Kier alpha value is -2.56. The van der Waals surface area contributed by atoms with Crippen LogP contribution in [0.1, 0.15) is 11.3 Å². The number of hydrogen-bond acceptors (Lipinski definition) is 6. The van der Waals surface area contributed by atoms with Crippen molar-refractivity contribution in [3.63, 3.8) is 0 Å². The van der Waals surface area contributed by atoms with Crippen molar-refractivity contribution in [2.75, 3.05) is 11.1 Å². The van der Waals surface area contributed by atoms with Crippen LogP contribution in [0.15, 0.2) is 53.4 Å². The largest absolute Gasteiger partial charge is 0.435 e. The van der Waals surface area contributed by atoms with Crippen molar-refractivity contribution in [3.05, 3.63) is 58.4 Å². The molecule has 1 heterocycles. The minimum Gasteiger partial charge on any atom is -0.435 e. The van der Waals surface area contributed by atoms with Gasteiger partial charge in [0.15, 0.2) is 15.0 Å². The van der Waals surface area contributed by atoms with Crippen molar-refractivity contribution < 1.29 is 26.7 Å². The summed E-state index contributed by atoms with van der Waals surface area (Å²) in [6.45, 7) is -1.10. The number of nitrogens with one attached hydrogen (secondary N) is 1. The number of anilines is 1. The molecule has 0 saturated heterocycles. The molecule has 1 aromatic heterocycles. The molecule has 164 valence electrons. The summed E-state index contributed by atoms with van der Waals surface area (Å²) in [5.74, 6) is -0.816. The first-order valence-electron chi connectivity index (χ1n) is 8.95. The fraction of sp³-hybridized carbons (Fsp3) is 0.200. The summed E-state index contributed by atoms with van der Waals surface area (Å²) >= 11 is 6.99. The lowest BCUT2D eigenvalue weighted by molar-refractivity contribution is -0.115. The summed E-state index contributed by atoms with van der Waals surface area (Å²) in [4.78, 5) is 17.5. The summed E-state index contributed by atoms with van der Waals surface area (Å²) in [7, 11) is -3.62. The van der Waals surface area contributed by atoms with Gasteiger partial charge in [0, 0.05) is 21.9 Å². The molecule has 0 aliphatic rings. The molecule has 1 N–H and O–H groups in total. The second kappa shape index (κ2) is 9.71. The van der Waals surface area contributed by atoms with Crippen LogP contribution in [0.2, 0.25) is 5.02 Å². The van der Waals surface area contributed by atoms with Crippen LogP contribution >= 0.6 is 22.9 Å². The van der Waals surface area contributed by atoms with Gasteiger partial charge in [-0.1, -0.05) is 11.6 Å². The van der Waals surface area contributed by atoms with E-state index in [0.717, 1.165) is 4.88 Å². The smallest absolute Gasteiger partial charge is 0.387 e. The number of aryl methyl sites for hydroxylation is 1. The molecule has 0 unspecified atom stereocenters. The van der Waals surface area contributed by atoms with E-state index >= 15 is 0 Å². The van der Waals surface area contributed by atoms with Crippen molar-refractivity contribution in [1.29, 1.82) is 0 Å². The van der Waals surface area contributed by atoms with Gasteiger partial charge in [-0.2, -0.15) is 8.78 Å². The van der Waals surface area contributed by atoms with E-state index < -0.39 is 22.4 Å². The molecule has 0 aliphatic heterocycles. The number of carbonyl (C=O) groups excluding carboxylic acids is 1. The molecule has 0 fully saturated rings. The summed E-state index contributed by atoms with van der Waals surface area (Å²) < 4.78 is 53.5. The number of rotatable bonds is 8. The topological polar surface area (TPSA) is 85.4 Å². The summed E-state index contributed by atoms with van der Waals surface area (Å²) in [6, 6.07) is 11.7. The van der Waals surface area contributed by atoms with Gasteiger partial charge in [0.05, 0.1) is 16.3 Å². The van der Waals surface area contributed by atoms with Crippen LogP contribution < -0.4 is 10.1 Å². The Kier molecular flexibility index (Phi) is 7.24. The van der Waals surface area contributed by atoms with Gasteiger partial charge in [-0.3, -0.25) is 4.79 Å². The number of ether oxygens (including phenoxy) is 1. The van der Waals surface area contributed by atoms with Crippen molar-refractivity contribution in [3.8, 4) is 17.0 Å². The van der Waals surface area contributed by atoms with Gasteiger partial charge in [-0.15, -0.1) is 11.3 Å². The normalized spacial score (nSPS) is 11.5. The van der Waals surface area contributed by atoms with Gasteiger partial charge in [-0.25, -0.2) is 13.4 Å². The van der Waals surface area contributed by atoms with E-state index in [0.29, 0.717) is 21.4 Å². The highest BCUT2D eigenvalue weighted by molar-refractivity contribution is 7.91. The lowest BCUT2D eigenvalue weighted by atomic mass is 10.1. The van der Waals surface area contributed by atoms with Crippen LogP contribution in [0, 0.1) is 6.92 Å². The molecule has 31 heavy (non-hydrogen) atoms. The van der Waals surface area contributed by atoms with E-state index in [9.17, 15) is 22.0 Å². The minimum absolute atomic E-state index is 0.0297. The quantitative estimate of drug-likeness (QED) is 0.474. The van der Waals surface area contributed by atoms with Gasteiger partial charge in [0.25, 0.3) is 0 Å². The predicted octanol–water partition coefficient (Wildman–Crippen LogP) is 5.18. The number of aromatic nitrogens is 1. The van der Waals surface area contributed by atoms with E-state index in [1.807, 2.05) is 0 Å². The third-order valence-corrected chi connectivity index (χ3v) is 7.04. The average molecular weight is 487 g/mol. The highest BCUT2D eigenvalue weighted by atomic mass is 35.5. The fourth-order valence-corrected chi connectivity index (χ4v) is 4.90. The van der Waals surface area contributed by atoms with E-state index in [1.54, 1.807) is 19.1 Å². The van der Waals surface area contributed by atoms with Gasteiger partial charge < -0.3 is 10.1 Å². The van der Waals surface area contributed by atoms with Crippen molar-refractivity contribution >= 4 is 43.8 Å². The Morgan fingerprint density at radius 3 is 2.42 bits per heavy atom. The number of sulfone groups is 1. The van der Waals surface area contributed by atoms with Crippen molar-refractivity contribution in [2.45, 2.75) is 24.9 Å². The first-order valence-corrected chi connectivity index (χ1v) is 11.8. The van der Waals surface area contributed by atoms with E-state index in [4.69, 9.17) is 11.6 Å². The molecule has 0 aliphatic carbocycles. The number of carbonyl (C=O) groups is 1. The number of alkyl halides is 2. The molecule has 0 bridgehead atoms. The standard InChI is InChI=1S/C20H17ClF2N2O4S2/c1-12-18(13-2-6-15(7-3-13)29-19(22)23)25-20(30-12)24-17(26)10-11-31(27,28)16-8-4-14(21)5-9-16/h2-9,19H,10-11H2,1H3,(H,24,25,26). The van der Waals surface area contributed by atoms with Crippen LogP contribution in [0.25, 0.3) is 11.3 Å². The second-order valence-electron chi connectivity index (χ2n) is 6.40. The molecular weight excluding hydrogens is 470 g/mol. The van der Waals surface area contributed by atoms with Crippen LogP contribution in [0.5, 0.6) is 5.75 Å². The Morgan fingerprint density at radius 2 is 1.81 bits per heavy atom. The van der Waals surface area contributed by atoms with Gasteiger partial charge in [-0.05, 0) is 55.5 Å². The Balaban J connectivity index is 1.63. The van der Waals surface area contributed by atoms with Crippen LogP contribution in [0.4, 0.5) is 13.9 Å². The monoisotopic (exact) mass is 486 g/mol. The van der Waals surface area contributed by atoms with Crippen LogP contribution in [-0.2, 0) is 14.6 Å². The van der Waals surface area contributed by atoms with Gasteiger partial charge in [0.2, 0.25) is 5.91 Å². The molecule has 11 heteroatoms. The molecule has 0 atom stereocenters. The first-order chi connectivity index (χ1) is 14.6. The maximum atomic E-state index is 12.3. The lowest BCUT2D eigenvalue weighted by Gasteiger charge is -2.05.